The van der Waals surface area contributed by atoms with Crippen molar-refractivity contribution in [1.29, 1.82) is 0 Å². The van der Waals surface area contributed by atoms with E-state index in [4.69, 9.17) is 10.5 Å². The molecule has 0 radical (unpaired) electrons. The maximum Gasteiger partial charge on any atom is 0.118 e. The van der Waals surface area contributed by atoms with Gasteiger partial charge in [0.05, 0.1) is 11.9 Å². The number of nitrogen functional groups attached to an aromatic ring is 1. The van der Waals surface area contributed by atoms with E-state index in [-0.39, 0.29) is 0 Å². The molecule has 0 heterocycles. The molecule has 0 aliphatic carbocycles. The molecule has 4 aromatic carbocycles. The molecule has 0 saturated heterocycles. The van der Waals surface area contributed by atoms with Crippen molar-refractivity contribution in [2.45, 2.75) is 16.6 Å². The van der Waals surface area contributed by atoms with Gasteiger partial charge in [0.15, 0.2) is 0 Å². The number of hydrogen-bond acceptors (Lipinski definition) is 3. The molecule has 0 aromatic heterocycles. The first kappa shape index (κ1) is 20.1. The Morgan fingerprint density at radius 3 is 1.80 bits per heavy atom. The number of rotatable bonds is 6. The van der Waals surface area contributed by atoms with Gasteiger partial charge in [-0.2, -0.15) is 0 Å². The largest absolute Gasteiger partial charge is 0.497 e. The first-order chi connectivity index (χ1) is 14.6. The molecular weight excluding hydrogens is 386 g/mol. The number of benzene rings is 4. The number of para-hydroxylation sites is 1. The third-order valence-corrected chi connectivity index (χ3v) is 6.92. The maximum atomic E-state index is 6.39. The second-order valence-electron chi connectivity index (χ2n) is 7.28. The lowest BCUT2D eigenvalue weighted by molar-refractivity contribution is 0.414. The second-order valence-corrected chi connectivity index (χ2v) is 8.54. The zero-order valence-electron chi connectivity index (χ0n) is 17.2. The SMILES string of the molecule is COc1ccc(C(Sc2ccccc2N)(c2ccccc2)c2ccc(C)cc2)cc1. The molecule has 4 rings (SSSR count). The Hall–Kier alpha value is -3.17. The molecule has 1 unspecified atom stereocenters. The van der Waals surface area contributed by atoms with Crippen LogP contribution in [0.25, 0.3) is 0 Å². The Morgan fingerprint density at radius 1 is 0.667 bits per heavy atom. The van der Waals surface area contributed by atoms with Crippen LogP contribution >= 0.6 is 11.8 Å². The van der Waals surface area contributed by atoms with Gasteiger partial charge in [0.25, 0.3) is 0 Å². The van der Waals surface area contributed by atoms with E-state index >= 15 is 0 Å². The summed E-state index contributed by atoms with van der Waals surface area (Å²) in [6.45, 7) is 2.11. The summed E-state index contributed by atoms with van der Waals surface area (Å²) in [4.78, 5) is 1.05. The molecule has 4 aromatic rings. The van der Waals surface area contributed by atoms with E-state index in [2.05, 4.69) is 79.7 Å². The smallest absolute Gasteiger partial charge is 0.118 e. The minimum atomic E-state index is -0.462. The highest BCUT2D eigenvalue weighted by molar-refractivity contribution is 8.00. The molecule has 0 fully saturated rings. The van der Waals surface area contributed by atoms with Crippen molar-refractivity contribution in [3.8, 4) is 5.75 Å². The fourth-order valence-corrected chi connectivity index (χ4v) is 5.13. The van der Waals surface area contributed by atoms with Gasteiger partial charge < -0.3 is 10.5 Å². The van der Waals surface area contributed by atoms with Gasteiger partial charge in [-0.1, -0.05) is 84.4 Å². The van der Waals surface area contributed by atoms with Crippen LogP contribution in [-0.2, 0) is 4.75 Å². The predicted molar refractivity (Wildman–Crippen MR) is 127 cm³/mol. The quantitative estimate of drug-likeness (QED) is 0.219. The van der Waals surface area contributed by atoms with Gasteiger partial charge in [0.2, 0.25) is 0 Å². The molecule has 0 bridgehead atoms. The number of aryl methyl sites for hydroxylation is 1. The Labute approximate surface area is 182 Å². The fourth-order valence-electron chi connectivity index (χ4n) is 3.70. The van der Waals surface area contributed by atoms with Crippen LogP contribution < -0.4 is 10.5 Å². The molecule has 2 nitrogen and oxygen atoms in total. The van der Waals surface area contributed by atoms with Crippen molar-refractivity contribution in [3.05, 3.63) is 125 Å². The summed E-state index contributed by atoms with van der Waals surface area (Å²) in [7, 11) is 1.69. The molecule has 0 aliphatic rings. The lowest BCUT2D eigenvalue weighted by Gasteiger charge is -2.36. The summed E-state index contributed by atoms with van der Waals surface area (Å²) in [5, 5.41) is 0. The molecule has 0 spiro atoms. The zero-order chi connectivity index (χ0) is 21.0. The Bertz CT molecular complexity index is 1110. The van der Waals surface area contributed by atoms with Crippen LogP contribution in [0, 0.1) is 6.92 Å². The number of thioether (sulfide) groups is 1. The molecule has 0 saturated carbocycles. The van der Waals surface area contributed by atoms with Gasteiger partial charge >= 0.3 is 0 Å². The normalized spacial score (nSPS) is 12.9. The van der Waals surface area contributed by atoms with Crippen LogP contribution in [0.4, 0.5) is 5.69 Å². The third kappa shape index (κ3) is 3.81. The van der Waals surface area contributed by atoms with Crippen molar-refractivity contribution < 1.29 is 4.74 Å². The Balaban J connectivity index is 2.01. The zero-order valence-corrected chi connectivity index (χ0v) is 18.0. The Morgan fingerprint density at radius 2 is 1.20 bits per heavy atom. The molecule has 30 heavy (non-hydrogen) atoms. The minimum absolute atomic E-state index is 0.462. The van der Waals surface area contributed by atoms with Crippen molar-refractivity contribution in [3.63, 3.8) is 0 Å². The van der Waals surface area contributed by atoms with E-state index in [0.29, 0.717) is 0 Å². The van der Waals surface area contributed by atoms with Gasteiger partial charge in [-0.25, -0.2) is 0 Å². The molecule has 3 heteroatoms. The van der Waals surface area contributed by atoms with Crippen LogP contribution in [0.1, 0.15) is 22.3 Å². The van der Waals surface area contributed by atoms with Crippen molar-refractivity contribution in [1.82, 2.24) is 0 Å². The van der Waals surface area contributed by atoms with Crippen molar-refractivity contribution in [2.24, 2.45) is 0 Å². The molecule has 1 atom stereocenters. The van der Waals surface area contributed by atoms with E-state index in [0.717, 1.165) is 16.3 Å². The number of methoxy groups -OCH3 is 1. The van der Waals surface area contributed by atoms with Gasteiger partial charge in [0.1, 0.15) is 5.75 Å². The highest BCUT2D eigenvalue weighted by atomic mass is 32.2. The van der Waals surface area contributed by atoms with Gasteiger partial charge in [-0.15, -0.1) is 11.8 Å². The summed E-state index contributed by atoms with van der Waals surface area (Å²) in [5.74, 6) is 0.842. The van der Waals surface area contributed by atoms with E-state index in [1.807, 2.05) is 30.3 Å². The molecular formula is C27H25NOS. The summed E-state index contributed by atoms with van der Waals surface area (Å²) in [6, 6.07) is 35.8. The molecule has 2 N–H and O–H groups in total. The van der Waals surface area contributed by atoms with Crippen LogP contribution in [0.5, 0.6) is 5.75 Å². The predicted octanol–water partition coefficient (Wildman–Crippen LogP) is 6.67. The molecule has 150 valence electrons. The first-order valence-electron chi connectivity index (χ1n) is 9.94. The van der Waals surface area contributed by atoms with E-state index in [9.17, 15) is 0 Å². The van der Waals surface area contributed by atoms with E-state index < -0.39 is 4.75 Å². The van der Waals surface area contributed by atoms with Crippen LogP contribution in [0.3, 0.4) is 0 Å². The number of ether oxygens (including phenoxy) is 1. The maximum absolute atomic E-state index is 6.39. The lowest BCUT2D eigenvalue weighted by atomic mass is 9.83. The molecule has 0 aliphatic heterocycles. The van der Waals surface area contributed by atoms with E-state index in [1.165, 1.54) is 22.3 Å². The third-order valence-electron chi connectivity index (χ3n) is 5.32. The standard InChI is InChI=1S/C27H25NOS/c1-20-12-14-22(15-13-20)27(21-8-4-3-5-9-21,23-16-18-24(29-2)19-17-23)30-26-11-7-6-10-25(26)28/h3-19H,28H2,1-2H3. The summed E-state index contributed by atoms with van der Waals surface area (Å²) < 4.78 is 4.96. The fraction of sp³-hybridized carbons (Fsp3) is 0.111. The number of anilines is 1. The first-order valence-corrected chi connectivity index (χ1v) is 10.8. The highest BCUT2D eigenvalue weighted by Crippen LogP contribution is 2.52. The second kappa shape index (κ2) is 8.68. The lowest BCUT2D eigenvalue weighted by Crippen LogP contribution is -2.25. The van der Waals surface area contributed by atoms with Crippen molar-refractivity contribution in [2.75, 3.05) is 12.8 Å². The van der Waals surface area contributed by atoms with Crippen LogP contribution in [0.2, 0.25) is 0 Å². The van der Waals surface area contributed by atoms with E-state index in [1.54, 1.807) is 18.9 Å². The summed E-state index contributed by atoms with van der Waals surface area (Å²) >= 11 is 1.78. The number of nitrogens with two attached hydrogens (primary N) is 1. The molecule has 0 amide bonds. The minimum Gasteiger partial charge on any atom is -0.497 e. The highest BCUT2D eigenvalue weighted by Gasteiger charge is 2.38. The Kier molecular flexibility index (Phi) is 5.82. The van der Waals surface area contributed by atoms with Gasteiger partial charge in [-0.05, 0) is 47.9 Å². The summed E-state index contributed by atoms with van der Waals surface area (Å²) in [5.41, 5.74) is 12.0. The summed E-state index contributed by atoms with van der Waals surface area (Å²) in [6.07, 6.45) is 0. The van der Waals surface area contributed by atoms with Gasteiger partial charge in [-0.3, -0.25) is 0 Å². The van der Waals surface area contributed by atoms with Gasteiger partial charge in [0, 0.05) is 10.6 Å². The average Bonchev–Trinajstić information content (AvgIpc) is 2.80. The van der Waals surface area contributed by atoms with Crippen LogP contribution in [0.15, 0.2) is 108 Å². The monoisotopic (exact) mass is 411 g/mol. The van der Waals surface area contributed by atoms with Crippen LogP contribution in [-0.4, -0.2) is 7.11 Å². The number of hydrogen-bond donors (Lipinski definition) is 1. The topological polar surface area (TPSA) is 35.2 Å². The van der Waals surface area contributed by atoms with Crippen molar-refractivity contribution >= 4 is 17.4 Å². The average molecular weight is 412 g/mol.